The minimum atomic E-state index is -0.490. The average Bonchev–Trinajstić information content (AvgIpc) is 2.81. The number of nitrogens with zero attached hydrogens (tertiary/aromatic N) is 3. The van der Waals surface area contributed by atoms with Gasteiger partial charge in [-0.25, -0.2) is 9.97 Å². The number of primary amides is 1. The van der Waals surface area contributed by atoms with E-state index in [-0.39, 0.29) is 0 Å². The van der Waals surface area contributed by atoms with Gasteiger partial charge >= 0.3 is 0 Å². The fourth-order valence-corrected chi connectivity index (χ4v) is 4.12. The number of nitriles is 1. The van der Waals surface area contributed by atoms with Crippen LogP contribution in [0.3, 0.4) is 0 Å². The molecule has 1 amide bonds. The molecule has 5 nitrogen and oxygen atoms in total. The number of carbonyl (C=O) groups excluding carboxylic acids is 1. The third-order valence-corrected chi connectivity index (χ3v) is 4.97. The van der Waals surface area contributed by atoms with Crippen molar-refractivity contribution in [2.75, 3.05) is 0 Å². The summed E-state index contributed by atoms with van der Waals surface area (Å²) in [5.41, 5.74) is 5.81. The van der Waals surface area contributed by atoms with Crippen molar-refractivity contribution in [1.29, 1.82) is 5.26 Å². The average molecular weight is 424 g/mol. The second-order valence-corrected chi connectivity index (χ2v) is 8.23. The van der Waals surface area contributed by atoms with Crippen LogP contribution in [0.4, 0.5) is 0 Å². The molecule has 0 aliphatic carbocycles. The maximum absolute atomic E-state index is 10.6. The molecule has 0 fully saturated rings. The van der Waals surface area contributed by atoms with Crippen molar-refractivity contribution in [3.8, 4) is 6.07 Å². The van der Waals surface area contributed by atoms with Crippen LogP contribution in [-0.2, 0) is 0 Å². The maximum Gasteiger partial charge on any atom is 0.269 e. The number of amides is 1. The first-order chi connectivity index (χ1) is 8.85. The van der Waals surface area contributed by atoms with E-state index in [1.54, 1.807) is 0 Å². The van der Waals surface area contributed by atoms with E-state index in [1.807, 2.05) is 19.9 Å². The maximum atomic E-state index is 10.6. The highest BCUT2D eigenvalue weighted by molar-refractivity contribution is 9.11. The van der Waals surface area contributed by atoms with Gasteiger partial charge in [-0.1, -0.05) is 0 Å². The van der Waals surface area contributed by atoms with Gasteiger partial charge in [-0.3, -0.25) is 4.79 Å². The molecule has 0 spiro atoms. The molecule has 9 heteroatoms. The summed E-state index contributed by atoms with van der Waals surface area (Å²) in [4.78, 5) is 18.4. The summed E-state index contributed by atoms with van der Waals surface area (Å²) in [5, 5.41) is 10.1. The smallest absolute Gasteiger partial charge is 0.269 e. The lowest BCUT2D eigenvalue weighted by Crippen LogP contribution is -2.11. The lowest BCUT2D eigenvalue weighted by Gasteiger charge is -1.84. The van der Waals surface area contributed by atoms with E-state index in [1.165, 1.54) is 22.7 Å². The summed E-state index contributed by atoms with van der Waals surface area (Å²) in [6, 6.07) is 1.97. The lowest BCUT2D eigenvalue weighted by molar-refractivity contribution is 0.0995. The van der Waals surface area contributed by atoms with Gasteiger partial charge in [0.1, 0.15) is 13.6 Å². The number of carbonyl (C=O) groups is 1. The number of aromatic nitrogens is 2. The Kier molecular flexibility index (Phi) is 6.06. The van der Waals surface area contributed by atoms with Gasteiger partial charge in [0.25, 0.3) is 5.91 Å². The molecule has 2 aromatic rings. The summed E-state index contributed by atoms with van der Waals surface area (Å²) >= 11 is 9.26. The summed E-state index contributed by atoms with van der Waals surface area (Å²) in [7, 11) is 0. The molecule has 2 heterocycles. The molecule has 19 heavy (non-hydrogen) atoms. The zero-order valence-electron chi connectivity index (χ0n) is 9.90. The van der Waals surface area contributed by atoms with Crippen LogP contribution in [0, 0.1) is 25.2 Å². The van der Waals surface area contributed by atoms with E-state index >= 15 is 0 Å². The molecule has 0 saturated carbocycles. The van der Waals surface area contributed by atoms with E-state index in [9.17, 15) is 4.79 Å². The van der Waals surface area contributed by atoms with Crippen LogP contribution in [-0.4, -0.2) is 15.9 Å². The summed E-state index contributed by atoms with van der Waals surface area (Å²) in [5.74, 6) is -0.490. The number of aryl methyl sites for hydroxylation is 2. The van der Waals surface area contributed by atoms with Gasteiger partial charge in [-0.05, 0) is 45.7 Å². The predicted molar refractivity (Wildman–Crippen MR) is 82.3 cm³/mol. The first-order valence-electron chi connectivity index (χ1n) is 4.81. The van der Waals surface area contributed by atoms with Gasteiger partial charge in [-0.2, -0.15) is 5.26 Å². The van der Waals surface area contributed by atoms with Crippen LogP contribution in [0.1, 0.15) is 26.2 Å². The standard InChI is InChI=1S/C5H5BrN2OS.C5H3BrN2S/c1-2-8-3(5(7)9)4(6)10-2;1-3-8-4(2-7)5(6)9-3/h1H3,(H2,7,9);1H3. The summed E-state index contributed by atoms with van der Waals surface area (Å²) in [6.45, 7) is 3.69. The Hall–Kier alpha value is -0.820. The van der Waals surface area contributed by atoms with E-state index < -0.39 is 5.91 Å². The fourth-order valence-electron chi connectivity index (χ4n) is 1.03. The van der Waals surface area contributed by atoms with Crippen molar-refractivity contribution < 1.29 is 4.79 Å². The highest BCUT2D eigenvalue weighted by atomic mass is 79.9. The Balaban J connectivity index is 0.000000191. The Morgan fingerprint density at radius 2 is 1.74 bits per heavy atom. The van der Waals surface area contributed by atoms with E-state index in [2.05, 4.69) is 41.8 Å². The summed E-state index contributed by atoms with van der Waals surface area (Å²) < 4.78 is 1.53. The van der Waals surface area contributed by atoms with Crippen molar-refractivity contribution in [2.24, 2.45) is 5.73 Å². The highest BCUT2D eigenvalue weighted by Gasteiger charge is 2.10. The van der Waals surface area contributed by atoms with E-state index in [0.29, 0.717) is 15.2 Å². The van der Waals surface area contributed by atoms with Gasteiger partial charge in [0.2, 0.25) is 0 Å². The molecule has 0 unspecified atom stereocenters. The molecule has 0 radical (unpaired) electrons. The Labute approximate surface area is 134 Å². The van der Waals surface area contributed by atoms with Gasteiger partial charge in [0.15, 0.2) is 11.4 Å². The second-order valence-electron chi connectivity index (χ2n) is 3.19. The van der Waals surface area contributed by atoms with Gasteiger partial charge in [0.05, 0.1) is 10.0 Å². The zero-order valence-corrected chi connectivity index (χ0v) is 14.7. The molecule has 2 N–H and O–H groups in total. The van der Waals surface area contributed by atoms with Gasteiger partial charge < -0.3 is 5.73 Å². The van der Waals surface area contributed by atoms with Crippen LogP contribution in [0.5, 0.6) is 0 Å². The van der Waals surface area contributed by atoms with Crippen molar-refractivity contribution in [2.45, 2.75) is 13.8 Å². The van der Waals surface area contributed by atoms with E-state index in [0.717, 1.165) is 13.8 Å². The van der Waals surface area contributed by atoms with Crippen LogP contribution in [0.25, 0.3) is 0 Å². The van der Waals surface area contributed by atoms with E-state index in [4.69, 9.17) is 11.0 Å². The molecule has 0 atom stereocenters. The number of halogens is 2. The molecule has 0 aliphatic heterocycles. The second kappa shape index (κ2) is 7.09. The molecule has 0 bridgehead atoms. The third-order valence-electron chi connectivity index (χ3n) is 1.72. The first kappa shape index (κ1) is 16.2. The SMILES string of the molecule is Cc1nc(C#N)c(Br)s1.Cc1nc(C(N)=O)c(Br)s1. The van der Waals surface area contributed by atoms with Crippen molar-refractivity contribution >= 4 is 60.4 Å². The lowest BCUT2D eigenvalue weighted by atomic mass is 10.5. The van der Waals surface area contributed by atoms with Crippen molar-refractivity contribution in [3.63, 3.8) is 0 Å². The normalized spacial score (nSPS) is 9.42. The monoisotopic (exact) mass is 422 g/mol. The molecule has 0 aromatic carbocycles. The fraction of sp³-hybridized carbons (Fsp3) is 0.200. The molecule has 2 rings (SSSR count). The quantitative estimate of drug-likeness (QED) is 0.760. The first-order valence-corrected chi connectivity index (χ1v) is 8.02. The Morgan fingerprint density at radius 1 is 1.21 bits per heavy atom. The minimum Gasteiger partial charge on any atom is -0.364 e. The minimum absolute atomic E-state index is 0.322. The number of nitrogens with two attached hydrogens (primary N) is 1. The van der Waals surface area contributed by atoms with Crippen LogP contribution in [0.15, 0.2) is 7.57 Å². The Morgan fingerprint density at radius 3 is 1.95 bits per heavy atom. The summed E-state index contributed by atoms with van der Waals surface area (Å²) in [6.07, 6.45) is 0. The number of hydrogen-bond donors (Lipinski definition) is 1. The molecule has 100 valence electrons. The molecule has 0 saturated heterocycles. The zero-order chi connectivity index (χ0) is 14.6. The van der Waals surface area contributed by atoms with Crippen molar-refractivity contribution in [3.05, 3.63) is 29.0 Å². The predicted octanol–water partition coefficient (Wildman–Crippen LogP) is 3.40. The molecular weight excluding hydrogens is 416 g/mol. The van der Waals surface area contributed by atoms with Gasteiger partial charge in [-0.15, -0.1) is 22.7 Å². The number of rotatable bonds is 1. The number of thiazole rings is 2. The van der Waals surface area contributed by atoms with Crippen molar-refractivity contribution in [1.82, 2.24) is 9.97 Å². The van der Waals surface area contributed by atoms with Crippen LogP contribution >= 0.6 is 54.5 Å². The van der Waals surface area contributed by atoms with Crippen LogP contribution < -0.4 is 5.73 Å². The molecular formula is C10H8Br2N4OS2. The molecule has 2 aromatic heterocycles. The number of hydrogen-bond acceptors (Lipinski definition) is 6. The highest BCUT2D eigenvalue weighted by Crippen LogP contribution is 2.23. The largest absolute Gasteiger partial charge is 0.364 e. The van der Waals surface area contributed by atoms with Gasteiger partial charge in [0, 0.05) is 0 Å². The third kappa shape index (κ3) is 4.65. The topological polar surface area (TPSA) is 92.7 Å². The molecule has 0 aliphatic rings. The Bertz CT molecular complexity index is 644. The van der Waals surface area contributed by atoms with Crippen LogP contribution in [0.2, 0.25) is 0 Å².